The Labute approximate surface area is 155 Å². The van der Waals surface area contributed by atoms with E-state index in [0.29, 0.717) is 26.4 Å². The third-order valence-electron chi connectivity index (χ3n) is 4.92. The molecule has 0 aromatic carbocycles. The van der Waals surface area contributed by atoms with Crippen LogP contribution in [0.25, 0.3) is 0 Å². The first-order chi connectivity index (χ1) is 11.5. The Morgan fingerprint density at radius 2 is 2.24 bits per heavy atom. The number of aromatic nitrogens is 2. The fraction of sp³-hybridized carbons (Fsp3) is 0.800. The summed E-state index contributed by atoms with van der Waals surface area (Å²) in [6.07, 6.45) is 5.64. The Bertz CT molecular complexity index is 634. The van der Waals surface area contributed by atoms with Gasteiger partial charge in [-0.1, -0.05) is 0 Å². The number of methoxy groups -OCH3 is 1. The minimum Gasteiger partial charge on any atom is -0.384 e. The van der Waals surface area contributed by atoms with Crippen LogP contribution >= 0.6 is 12.4 Å². The summed E-state index contributed by atoms with van der Waals surface area (Å²) >= 11 is 0. The summed E-state index contributed by atoms with van der Waals surface area (Å²) in [5.41, 5.74) is -0.150. The minimum atomic E-state index is -3.57. The number of nitrogens with one attached hydrogen (secondary N) is 2. The Hall–Kier alpha value is -0.710. The Morgan fingerprint density at radius 3 is 2.88 bits per heavy atom. The average Bonchev–Trinajstić information content (AvgIpc) is 3.26. The molecule has 0 spiro atoms. The molecule has 0 saturated carbocycles. The van der Waals surface area contributed by atoms with Gasteiger partial charge in [0.2, 0.25) is 10.0 Å². The first-order valence-electron chi connectivity index (χ1n) is 8.36. The maximum atomic E-state index is 12.6. The molecule has 1 aromatic rings. The van der Waals surface area contributed by atoms with Gasteiger partial charge in [-0.05, 0) is 32.4 Å². The Kier molecular flexibility index (Phi) is 7.24. The third-order valence-corrected chi connectivity index (χ3v) is 6.28. The second-order valence-electron chi connectivity index (χ2n) is 6.68. The largest absolute Gasteiger partial charge is 0.384 e. The van der Waals surface area contributed by atoms with E-state index in [0.717, 1.165) is 32.4 Å². The number of nitrogens with zero attached hydrogens (tertiary/aromatic N) is 2. The van der Waals surface area contributed by atoms with Crippen molar-refractivity contribution in [3.8, 4) is 0 Å². The van der Waals surface area contributed by atoms with Crippen LogP contribution in [-0.4, -0.2) is 64.8 Å². The number of ether oxygens (including phenoxy) is 2. The van der Waals surface area contributed by atoms with Crippen molar-refractivity contribution in [2.24, 2.45) is 5.41 Å². The predicted octanol–water partition coefficient (Wildman–Crippen LogP) is 0.561. The van der Waals surface area contributed by atoms with Crippen molar-refractivity contribution in [1.82, 2.24) is 19.8 Å². The quantitative estimate of drug-likeness (QED) is 0.701. The molecule has 0 aliphatic carbocycles. The van der Waals surface area contributed by atoms with E-state index in [-0.39, 0.29) is 28.8 Å². The summed E-state index contributed by atoms with van der Waals surface area (Å²) in [4.78, 5) is 0.205. The normalized spacial score (nSPS) is 23.3. The Balaban J connectivity index is 0.00000225. The van der Waals surface area contributed by atoms with Crippen molar-refractivity contribution >= 4 is 22.4 Å². The molecule has 2 aliphatic rings. The number of hydrogen-bond acceptors (Lipinski definition) is 6. The standard InChI is InChI=1S/C15H26N4O4S.ClH/c1-22-12-15(3-5-16-6-4-15)11-18-24(20,21)14-8-17-19(9-14)13-2-7-23-10-13;/h8-9,13,16,18H,2-7,10-12H2,1H3;1H. The van der Waals surface area contributed by atoms with E-state index in [9.17, 15) is 8.42 Å². The number of sulfonamides is 1. The summed E-state index contributed by atoms with van der Waals surface area (Å²) in [7, 11) is -1.92. The highest BCUT2D eigenvalue weighted by Gasteiger charge is 2.34. The highest BCUT2D eigenvalue weighted by atomic mass is 35.5. The highest BCUT2D eigenvalue weighted by molar-refractivity contribution is 7.89. The molecule has 8 nitrogen and oxygen atoms in total. The molecule has 2 fully saturated rings. The van der Waals surface area contributed by atoms with Crippen molar-refractivity contribution in [2.75, 3.05) is 46.6 Å². The van der Waals surface area contributed by atoms with Crippen molar-refractivity contribution in [1.29, 1.82) is 0 Å². The SMILES string of the molecule is COCC1(CNS(=O)(=O)c2cnn(C3CCOC3)c2)CCNCC1.Cl. The number of piperidine rings is 1. The van der Waals surface area contributed by atoms with Gasteiger partial charge in [-0.25, -0.2) is 13.1 Å². The van der Waals surface area contributed by atoms with Gasteiger partial charge in [0, 0.05) is 31.9 Å². The lowest BCUT2D eigenvalue weighted by atomic mass is 9.80. The zero-order chi connectivity index (χ0) is 17.0. The molecule has 2 aliphatic heterocycles. The molecule has 25 heavy (non-hydrogen) atoms. The summed E-state index contributed by atoms with van der Waals surface area (Å²) in [5, 5.41) is 7.50. The van der Waals surface area contributed by atoms with Crippen LogP contribution in [0.5, 0.6) is 0 Å². The summed E-state index contributed by atoms with van der Waals surface area (Å²) in [5.74, 6) is 0. The first kappa shape index (κ1) is 20.6. The van der Waals surface area contributed by atoms with Gasteiger partial charge in [-0.15, -0.1) is 12.4 Å². The fourth-order valence-corrected chi connectivity index (χ4v) is 4.45. The molecular formula is C15H27ClN4O4S. The minimum absolute atomic E-state index is 0. The Morgan fingerprint density at radius 1 is 1.48 bits per heavy atom. The highest BCUT2D eigenvalue weighted by Crippen LogP contribution is 2.29. The molecule has 144 valence electrons. The maximum absolute atomic E-state index is 12.6. The van der Waals surface area contributed by atoms with Gasteiger partial charge >= 0.3 is 0 Å². The molecule has 3 rings (SSSR count). The molecule has 1 unspecified atom stereocenters. The summed E-state index contributed by atoms with van der Waals surface area (Å²) in [6.45, 7) is 3.96. The van der Waals surface area contributed by atoms with Crippen molar-refractivity contribution < 1.29 is 17.9 Å². The molecule has 2 N–H and O–H groups in total. The van der Waals surface area contributed by atoms with Crippen LogP contribution in [0.15, 0.2) is 17.3 Å². The van der Waals surface area contributed by atoms with Gasteiger partial charge in [0.25, 0.3) is 0 Å². The molecule has 2 saturated heterocycles. The predicted molar refractivity (Wildman–Crippen MR) is 95.5 cm³/mol. The lowest BCUT2D eigenvalue weighted by Gasteiger charge is -2.37. The monoisotopic (exact) mass is 394 g/mol. The second kappa shape index (κ2) is 8.79. The molecule has 1 atom stereocenters. The average molecular weight is 395 g/mol. The van der Waals surface area contributed by atoms with Crippen molar-refractivity contribution in [2.45, 2.75) is 30.2 Å². The molecule has 1 aromatic heterocycles. The smallest absolute Gasteiger partial charge is 0.243 e. The van der Waals surface area contributed by atoms with Crippen LogP contribution in [0.3, 0.4) is 0 Å². The van der Waals surface area contributed by atoms with Gasteiger partial charge in [0.1, 0.15) is 4.90 Å². The number of rotatable bonds is 7. The third kappa shape index (κ3) is 4.93. The van der Waals surface area contributed by atoms with Crippen LogP contribution in [0.4, 0.5) is 0 Å². The molecule has 0 amide bonds. The first-order valence-corrected chi connectivity index (χ1v) is 9.84. The van der Waals surface area contributed by atoms with E-state index in [2.05, 4.69) is 15.1 Å². The van der Waals surface area contributed by atoms with E-state index in [1.54, 1.807) is 18.0 Å². The molecule has 0 bridgehead atoms. The lowest BCUT2D eigenvalue weighted by Crippen LogP contribution is -2.47. The van der Waals surface area contributed by atoms with E-state index < -0.39 is 10.0 Å². The van der Waals surface area contributed by atoms with Gasteiger partial charge in [0.15, 0.2) is 0 Å². The maximum Gasteiger partial charge on any atom is 0.243 e. The number of hydrogen-bond donors (Lipinski definition) is 2. The van der Waals surface area contributed by atoms with Crippen molar-refractivity contribution in [3.05, 3.63) is 12.4 Å². The second-order valence-corrected chi connectivity index (χ2v) is 8.45. The van der Waals surface area contributed by atoms with Crippen LogP contribution in [0.1, 0.15) is 25.3 Å². The summed E-state index contributed by atoms with van der Waals surface area (Å²) < 4.78 is 40.3. The van der Waals surface area contributed by atoms with Gasteiger partial charge in [-0.2, -0.15) is 5.10 Å². The van der Waals surface area contributed by atoms with E-state index in [4.69, 9.17) is 9.47 Å². The van der Waals surface area contributed by atoms with Crippen LogP contribution < -0.4 is 10.0 Å². The molecule has 0 radical (unpaired) electrons. The zero-order valence-corrected chi connectivity index (χ0v) is 16.1. The molecule has 10 heteroatoms. The van der Waals surface area contributed by atoms with E-state index >= 15 is 0 Å². The van der Waals surface area contributed by atoms with Crippen LogP contribution in [0, 0.1) is 5.41 Å². The van der Waals surface area contributed by atoms with Crippen molar-refractivity contribution in [3.63, 3.8) is 0 Å². The number of halogens is 1. The van der Waals surface area contributed by atoms with Crippen LogP contribution in [-0.2, 0) is 19.5 Å². The van der Waals surface area contributed by atoms with E-state index in [1.807, 2.05) is 0 Å². The fourth-order valence-electron chi connectivity index (χ4n) is 3.36. The van der Waals surface area contributed by atoms with Crippen LogP contribution in [0.2, 0.25) is 0 Å². The lowest BCUT2D eigenvalue weighted by molar-refractivity contribution is 0.0577. The van der Waals surface area contributed by atoms with Gasteiger partial charge in [-0.3, -0.25) is 4.68 Å². The molecular weight excluding hydrogens is 368 g/mol. The van der Waals surface area contributed by atoms with E-state index in [1.165, 1.54) is 6.20 Å². The molecule has 3 heterocycles. The zero-order valence-electron chi connectivity index (χ0n) is 14.4. The van der Waals surface area contributed by atoms with Gasteiger partial charge in [0.05, 0.1) is 25.5 Å². The topological polar surface area (TPSA) is 94.5 Å². The van der Waals surface area contributed by atoms with Gasteiger partial charge < -0.3 is 14.8 Å². The summed E-state index contributed by atoms with van der Waals surface area (Å²) in [6, 6.07) is 0.123.